The van der Waals surface area contributed by atoms with Gasteiger partial charge >= 0.3 is 6.03 Å². The first-order valence-corrected chi connectivity index (χ1v) is 11.3. The van der Waals surface area contributed by atoms with Crippen molar-refractivity contribution in [3.05, 3.63) is 98.1 Å². The predicted octanol–water partition coefficient (Wildman–Crippen LogP) is 4.81. The Morgan fingerprint density at radius 3 is 2.49 bits per heavy atom. The first-order chi connectivity index (χ1) is 17.7. The number of ether oxygens (including phenoxy) is 2. The third kappa shape index (κ3) is 5.44. The number of nitro groups is 1. The molecule has 0 atom stereocenters. The van der Waals surface area contributed by atoms with Crippen molar-refractivity contribution in [2.24, 2.45) is 0 Å². The molecule has 1 aliphatic heterocycles. The fraction of sp³-hybridized carbons (Fsp3) is 0.115. The number of carbonyl (C=O) groups excluding carboxylic acids is 3. The maximum Gasteiger partial charge on any atom is 0.335 e. The van der Waals surface area contributed by atoms with E-state index < -0.39 is 22.8 Å². The minimum atomic E-state index is -0.850. The zero-order chi connectivity index (χ0) is 26.7. The Morgan fingerprint density at radius 2 is 1.81 bits per heavy atom. The number of imide groups is 2. The molecule has 4 rings (SSSR count). The predicted molar refractivity (Wildman–Crippen MR) is 136 cm³/mol. The Kier molecular flexibility index (Phi) is 7.21. The second-order valence-corrected chi connectivity index (χ2v) is 8.45. The number of carbonyl (C=O) groups is 3. The minimum Gasteiger partial charge on any atom is -0.493 e. The number of barbiturate groups is 1. The number of urea groups is 1. The molecular formula is C26H20ClN3O7. The Morgan fingerprint density at radius 1 is 1.08 bits per heavy atom. The van der Waals surface area contributed by atoms with E-state index in [1.807, 2.05) is 6.92 Å². The number of nitro benzene ring substituents is 1. The molecule has 0 radical (unpaired) electrons. The molecule has 1 heterocycles. The third-order valence-electron chi connectivity index (χ3n) is 5.46. The number of hydrogen-bond acceptors (Lipinski definition) is 7. The van der Waals surface area contributed by atoms with Gasteiger partial charge in [0.2, 0.25) is 0 Å². The van der Waals surface area contributed by atoms with E-state index in [1.54, 1.807) is 36.4 Å². The minimum absolute atomic E-state index is 0.0211. The maximum absolute atomic E-state index is 13.1. The van der Waals surface area contributed by atoms with Crippen molar-refractivity contribution in [3.63, 3.8) is 0 Å². The number of hydrogen-bond donors (Lipinski definition) is 1. The molecule has 0 bridgehead atoms. The maximum atomic E-state index is 13.1. The summed E-state index contributed by atoms with van der Waals surface area (Å²) in [5, 5.41) is 13.3. The molecule has 11 heteroatoms. The number of anilines is 1. The van der Waals surface area contributed by atoms with Crippen LogP contribution in [0.4, 0.5) is 16.2 Å². The number of rotatable bonds is 7. The lowest BCUT2D eigenvalue weighted by Crippen LogP contribution is -2.54. The van der Waals surface area contributed by atoms with E-state index in [1.165, 1.54) is 37.5 Å². The van der Waals surface area contributed by atoms with Crippen molar-refractivity contribution in [2.75, 3.05) is 12.0 Å². The topological polar surface area (TPSA) is 128 Å². The number of benzene rings is 3. The summed E-state index contributed by atoms with van der Waals surface area (Å²) in [7, 11) is 1.39. The van der Waals surface area contributed by atoms with Crippen molar-refractivity contribution in [1.82, 2.24) is 5.32 Å². The first-order valence-electron chi connectivity index (χ1n) is 10.9. The molecule has 10 nitrogen and oxygen atoms in total. The normalized spacial score (nSPS) is 14.5. The van der Waals surface area contributed by atoms with Gasteiger partial charge in [0.05, 0.1) is 22.7 Å². The number of nitrogens with zero attached hydrogens (tertiary/aromatic N) is 2. The van der Waals surface area contributed by atoms with E-state index in [-0.39, 0.29) is 34.4 Å². The number of halogens is 1. The first kappa shape index (κ1) is 25.4. The van der Waals surface area contributed by atoms with Crippen LogP contribution in [0.1, 0.15) is 16.7 Å². The van der Waals surface area contributed by atoms with Crippen LogP contribution >= 0.6 is 11.6 Å². The average Bonchev–Trinajstić information content (AvgIpc) is 2.86. The van der Waals surface area contributed by atoms with Crippen LogP contribution in [0.5, 0.6) is 11.5 Å². The van der Waals surface area contributed by atoms with E-state index >= 15 is 0 Å². The van der Waals surface area contributed by atoms with Crippen molar-refractivity contribution >= 4 is 46.9 Å². The fourth-order valence-electron chi connectivity index (χ4n) is 3.63. The summed E-state index contributed by atoms with van der Waals surface area (Å²) in [6.45, 7) is 1.84. The van der Waals surface area contributed by atoms with Crippen LogP contribution in [0.15, 0.2) is 66.2 Å². The molecule has 3 aromatic carbocycles. The van der Waals surface area contributed by atoms with Crippen LogP contribution < -0.4 is 19.7 Å². The van der Waals surface area contributed by atoms with Gasteiger partial charge in [-0.1, -0.05) is 41.4 Å². The fourth-order valence-corrected chi connectivity index (χ4v) is 3.90. The van der Waals surface area contributed by atoms with Crippen LogP contribution in [0.2, 0.25) is 5.02 Å². The Labute approximate surface area is 216 Å². The highest BCUT2D eigenvalue weighted by molar-refractivity contribution is 6.39. The van der Waals surface area contributed by atoms with Gasteiger partial charge in [0.1, 0.15) is 12.2 Å². The molecule has 4 amide bonds. The summed E-state index contributed by atoms with van der Waals surface area (Å²) in [4.78, 5) is 49.4. The summed E-state index contributed by atoms with van der Waals surface area (Å²) < 4.78 is 11.1. The van der Waals surface area contributed by atoms with Gasteiger partial charge < -0.3 is 9.47 Å². The molecular weight excluding hydrogens is 502 g/mol. The summed E-state index contributed by atoms with van der Waals surface area (Å²) in [6, 6.07) is 14.8. The smallest absolute Gasteiger partial charge is 0.335 e. The quantitative estimate of drug-likeness (QED) is 0.204. The highest BCUT2D eigenvalue weighted by atomic mass is 35.5. The number of amides is 4. The molecule has 1 fully saturated rings. The van der Waals surface area contributed by atoms with Gasteiger partial charge in [0, 0.05) is 12.1 Å². The number of aryl methyl sites for hydroxylation is 1. The van der Waals surface area contributed by atoms with Gasteiger partial charge in [-0.3, -0.25) is 25.0 Å². The number of methoxy groups -OCH3 is 1. The van der Waals surface area contributed by atoms with E-state index in [2.05, 4.69) is 5.32 Å². The number of nitrogens with one attached hydrogen (secondary N) is 1. The lowest BCUT2D eigenvalue weighted by Gasteiger charge is -2.26. The van der Waals surface area contributed by atoms with Crippen LogP contribution in [0, 0.1) is 17.0 Å². The van der Waals surface area contributed by atoms with Gasteiger partial charge in [0.15, 0.2) is 11.5 Å². The monoisotopic (exact) mass is 521 g/mol. The summed E-state index contributed by atoms with van der Waals surface area (Å²) >= 11 is 6.42. The van der Waals surface area contributed by atoms with Gasteiger partial charge in [0.25, 0.3) is 17.5 Å². The van der Waals surface area contributed by atoms with E-state index in [0.29, 0.717) is 16.8 Å². The van der Waals surface area contributed by atoms with E-state index in [9.17, 15) is 24.5 Å². The van der Waals surface area contributed by atoms with Crippen LogP contribution in [0.3, 0.4) is 0 Å². The van der Waals surface area contributed by atoms with Gasteiger partial charge in [-0.25, -0.2) is 9.69 Å². The molecule has 0 aromatic heterocycles. The van der Waals surface area contributed by atoms with Crippen LogP contribution in [-0.2, 0) is 16.2 Å². The molecule has 3 aromatic rings. The second kappa shape index (κ2) is 10.5. The molecule has 0 spiro atoms. The molecule has 1 saturated heterocycles. The van der Waals surface area contributed by atoms with Crippen LogP contribution in [-0.4, -0.2) is 29.9 Å². The third-order valence-corrected chi connectivity index (χ3v) is 5.74. The number of non-ortho nitro benzene ring substituents is 1. The molecule has 0 unspecified atom stereocenters. The van der Waals surface area contributed by atoms with Crippen molar-refractivity contribution in [2.45, 2.75) is 13.5 Å². The Hall–Kier alpha value is -4.70. The standard InChI is InChI=1S/C26H20ClN3O7/c1-15-6-8-18(9-7-15)29-25(32)20(24(31)28-26(29)33)11-17-12-21(27)23(22(13-17)36-2)37-14-16-4-3-5-19(10-16)30(34)35/h3-13H,14H2,1-2H3,(H,28,31,33)/b20-11+. The lowest BCUT2D eigenvalue weighted by atomic mass is 10.1. The second-order valence-electron chi connectivity index (χ2n) is 8.04. The molecule has 1 N–H and O–H groups in total. The van der Waals surface area contributed by atoms with Crippen molar-refractivity contribution in [3.8, 4) is 11.5 Å². The molecule has 0 saturated carbocycles. The molecule has 1 aliphatic rings. The molecule has 188 valence electrons. The largest absolute Gasteiger partial charge is 0.493 e. The van der Waals surface area contributed by atoms with Gasteiger partial charge in [-0.15, -0.1) is 0 Å². The van der Waals surface area contributed by atoms with Crippen LogP contribution in [0.25, 0.3) is 6.08 Å². The van der Waals surface area contributed by atoms with E-state index in [0.717, 1.165) is 10.5 Å². The SMILES string of the molecule is COc1cc(/C=C2\C(=O)NC(=O)N(c3ccc(C)cc3)C2=O)cc(Cl)c1OCc1cccc([N+](=O)[O-])c1. The van der Waals surface area contributed by atoms with Crippen molar-refractivity contribution in [1.29, 1.82) is 0 Å². The summed E-state index contributed by atoms with van der Waals surface area (Å²) in [6.07, 6.45) is 1.30. The average molecular weight is 522 g/mol. The Balaban J connectivity index is 1.62. The summed E-state index contributed by atoms with van der Waals surface area (Å²) in [5.74, 6) is -1.26. The summed E-state index contributed by atoms with van der Waals surface area (Å²) in [5.41, 5.74) is 1.80. The molecule has 37 heavy (non-hydrogen) atoms. The zero-order valence-corrected chi connectivity index (χ0v) is 20.4. The highest BCUT2D eigenvalue weighted by Gasteiger charge is 2.36. The van der Waals surface area contributed by atoms with Crippen molar-refractivity contribution < 1.29 is 28.8 Å². The zero-order valence-electron chi connectivity index (χ0n) is 19.7. The lowest BCUT2D eigenvalue weighted by molar-refractivity contribution is -0.384. The van der Waals surface area contributed by atoms with E-state index in [4.69, 9.17) is 21.1 Å². The van der Waals surface area contributed by atoms with Gasteiger partial charge in [-0.2, -0.15) is 0 Å². The highest BCUT2D eigenvalue weighted by Crippen LogP contribution is 2.38. The molecule has 0 aliphatic carbocycles. The van der Waals surface area contributed by atoms with Gasteiger partial charge in [-0.05, 0) is 48.4 Å². The Bertz CT molecular complexity index is 1450.